The molecule has 0 amide bonds. The van der Waals surface area contributed by atoms with Crippen molar-refractivity contribution in [2.45, 2.75) is 52.7 Å². The second kappa shape index (κ2) is 6.39. The van der Waals surface area contributed by atoms with E-state index in [1.807, 2.05) is 0 Å². The fraction of sp³-hybridized carbons (Fsp3) is 0.667. The second-order valence-electron chi connectivity index (χ2n) is 4.85. The van der Waals surface area contributed by atoms with Crippen molar-refractivity contribution in [3.63, 3.8) is 0 Å². The summed E-state index contributed by atoms with van der Waals surface area (Å²) in [5.41, 5.74) is -0.394. The maximum Gasteiger partial charge on any atom is 0.337 e. The van der Waals surface area contributed by atoms with Gasteiger partial charge in [0.2, 0.25) is 0 Å². The van der Waals surface area contributed by atoms with Crippen LogP contribution in [0.4, 0.5) is 0 Å². The molecule has 0 bridgehead atoms. The molecule has 0 rings (SSSR count). The quantitative estimate of drug-likeness (QED) is 0.461. The van der Waals surface area contributed by atoms with Crippen molar-refractivity contribution < 1.29 is 24.2 Å². The summed E-state index contributed by atoms with van der Waals surface area (Å²) in [5, 5.41) is 8.94. The van der Waals surface area contributed by atoms with Crippen molar-refractivity contribution in [3.8, 4) is 0 Å². The Morgan fingerprint density at radius 3 is 2.29 bits per heavy atom. The first-order valence-electron chi connectivity index (χ1n) is 5.39. The Morgan fingerprint density at radius 1 is 1.35 bits per heavy atom. The minimum Gasteiger partial charge on any atom is -0.457 e. The average molecular weight is 244 g/mol. The monoisotopic (exact) mass is 244 g/mol. The first kappa shape index (κ1) is 15.6. The van der Waals surface area contributed by atoms with Gasteiger partial charge in [-0.3, -0.25) is 4.79 Å². The summed E-state index contributed by atoms with van der Waals surface area (Å²) in [5.74, 6) is -1.13. The van der Waals surface area contributed by atoms with Gasteiger partial charge in [0.05, 0.1) is 18.1 Å². The molecular weight excluding hydrogens is 224 g/mol. The SMILES string of the molecule is C/C(=C\OC(=O)CC(C)O)C(=O)OC(C)(C)C. The highest BCUT2D eigenvalue weighted by atomic mass is 16.6. The molecule has 1 atom stereocenters. The summed E-state index contributed by atoms with van der Waals surface area (Å²) in [6.45, 7) is 8.21. The molecule has 0 aliphatic rings. The van der Waals surface area contributed by atoms with E-state index < -0.39 is 23.6 Å². The van der Waals surface area contributed by atoms with Crippen LogP contribution in [-0.4, -0.2) is 28.8 Å². The Kier molecular flexibility index (Phi) is 5.88. The first-order chi connectivity index (χ1) is 7.61. The van der Waals surface area contributed by atoms with Gasteiger partial charge in [-0.15, -0.1) is 0 Å². The number of hydrogen-bond acceptors (Lipinski definition) is 5. The minimum atomic E-state index is -0.766. The lowest BCUT2D eigenvalue weighted by molar-refractivity contribution is -0.150. The lowest BCUT2D eigenvalue weighted by Gasteiger charge is -2.19. The van der Waals surface area contributed by atoms with Gasteiger partial charge in [0.25, 0.3) is 0 Å². The molecule has 17 heavy (non-hydrogen) atoms. The number of rotatable bonds is 4. The van der Waals surface area contributed by atoms with E-state index in [1.165, 1.54) is 13.8 Å². The highest BCUT2D eigenvalue weighted by molar-refractivity contribution is 5.88. The third-order valence-corrected chi connectivity index (χ3v) is 1.55. The van der Waals surface area contributed by atoms with Gasteiger partial charge in [0.1, 0.15) is 11.9 Å². The standard InChI is InChI=1S/C12H20O5/c1-8(11(15)17-12(3,4)5)7-16-10(14)6-9(2)13/h7,9,13H,6H2,1-5H3/b8-7+. The van der Waals surface area contributed by atoms with E-state index in [4.69, 9.17) is 9.84 Å². The summed E-state index contributed by atoms with van der Waals surface area (Å²) < 4.78 is 9.75. The van der Waals surface area contributed by atoms with Crippen molar-refractivity contribution in [3.05, 3.63) is 11.8 Å². The van der Waals surface area contributed by atoms with E-state index in [1.54, 1.807) is 20.8 Å². The van der Waals surface area contributed by atoms with Crippen LogP contribution in [0.25, 0.3) is 0 Å². The van der Waals surface area contributed by atoms with Crippen LogP contribution >= 0.6 is 0 Å². The number of esters is 2. The maximum absolute atomic E-state index is 11.5. The minimum absolute atomic E-state index is 0.113. The lowest BCUT2D eigenvalue weighted by Crippen LogP contribution is -2.24. The lowest BCUT2D eigenvalue weighted by atomic mass is 10.2. The molecule has 1 unspecified atom stereocenters. The Balaban J connectivity index is 4.26. The van der Waals surface area contributed by atoms with Crippen LogP contribution in [0.15, 0.2) is 11.8 Å². The highest BCUT2D eigenvalue weighted by Gasteiger charge is 2.18. The molecule has 5 heteroatoms. The summed E-state index contributed by atoms with van der Waals surface area (Å²) in [7, 11) is 0. The largest absolute Gasteiger partial charge is 0.457 e. The number of hydrogen-bond donors (Lipinski definition) is 1. The number of aliphatic hydroxyl groups excluding tert-OH is 1. The van der Waals surface area contributed by atoms with E-state index in [0.717, 1.165) is 6.26 Å². The van der Waals surface area contributed by atoms with Gasteiger partial charge in [0, 0.05) is 0 Å². The average Bonchev–Trinajstić information content (AvgIpc) is 2.10. The maximum atomic E-state index is 11.5. The predicted molar refractivity (Wildman–Crippen MR) is 62.0 cm³/mol. The Labute approximate surface area is 101 Å². The molecule has 98 valence electrons. The number of aliphatic hydroxyl groups is 1. The van der Waals surface area contributed by atoms with Gasteiger partial charge in [-0.25, -0.2) is 4.79 Å². The fourth-order valence-electron chi connectivity index (χ4n) is 0.850. The molecule has 0 aromatic rings. The van der Waals surface area contributed by atoms with Crippen LogP contribution in [0.5, 0.6) is 0 Å². The summed E-state index contributed by atoms with van der Waals surface area (Å²) in [6.07, 6.45) is 0.161. The van der Waals surface area contributed by atoms with Gasteiger partial charge in [-0.05, 0) is 34.6 Å². The van der Waals surface area contributed by atoms with Crippen LogP contribution in [-0.2, 0) is 19.1 Å². The van der Waals surface area contributed by atoms with Crippen molar-refractivity contribution in [1.29, 1.82) is 0 Å². The van der Waals surface area contributed by atoms with Crippen molar-refractivity contribution in [2.75, 3.05) is 0 Å². The van der Waals surface area contributed by atoms with E-state index in [2.05, 4.69) is 4.74 Å². The number of ether oxygens (including phenoxy) is 2. The third-order valence-electron chi connectivity index (χ3n) is 1.55. The molecule has 0 aromatic heterocycles. The van der Waals surface area contributed by atoms with Gasteiger partial charge < -0.3 is 14.6 Å². The molecule has 0 saturated carbocycles. The number of carbonyl (C=O) groups is 2. The van der Waals surface area contributed by atoms with E-state index in [-0.39, 0.29) is 12.0 Å². The smallest absolute Gasteiger partial charge is 0.337 e. The van der Waals surface area contributed by atoms with Gasteiger partial charge in [0.15, 0.2) is 0 Å². The molecule has 0 spiro atoms. The molecule has 5 nitrogen and oxygen atoms in total. The van der Waals surface area contributed by atoms with E-state index in [9.17, 15) is 9.59 Å². The third kappa shape index (κ3) is 8.45. The van der Waals surface area contributed by atoms with Gasteiger partial charge in [-0.1, -0.05) is 0 Å². The normalized spacial score (nSPS) is 14.1. The topological polar surface area (TPSA) is 72.8 Å². The van der Waals surface area contributed by atoms with Crippen molar-refractivity contribution >= 4 is 11.9 Å². The Morgan fingerprint density at radius 2 is 1.88 bits per heavy atom. The zero-order chi connectivity index (χ0) is 13.6. The molecule has 0 heterocycles. The predicted octanol–water partition coefficient (Wildman–Crippen LogP) is 1.55. The molecule has 0 fully saturated rings. The molecular formula is C12H20O5. The molecule has 0 aliphatic heterocycles. The van der Waals surface area contributed by atoms with Crippen LogP contribution in [0.2, 0.25) is 0 Å². The van der Waals surface area contributed by atoms with Gasteiger partial charge in [-0.2, -0.15) is 0 Å². The molecule has 0 aliphatic carbocycles. The van der Waals surface area contributed by atoms with Crippen LogP contribution in [0.1, 0.15) is 41.0 Å². The van der Waals surface area contributed by atoms with Crippen LogP contribution in [0, 0.1) is 0 Å². The molecule has 0 aromatic carbocycles. The van der Waals surface area contributed by atoms with Crippen LogP contribution < -0.4 is 0 Å². The Bertz CT molecular complexity index is 309. The molecule has 1 N–H and O–H groups in total. The van der Waals surface area contributed by atoms with Crippen LogP contribution in [0.3, 0.4) is 0 Å². The molecule has 0 radical (unpaired) electrons. The molecule has 0 saturated heterocycles. The summed E-state index contributed by atoms with van der Waals surface area (Å²) >= 11 is 0. The van der Waals surface area contributed by atoms with Gasteiger partial charge >= 0.3 is 11.9 Å². The highest BCUT2D eigenvalue weighted by Crippen LogP contribution is 2.10. The van der Waals surface area contributed by atoms with Crippen molar-refractivity contribution in [1.82, 2.24) is 0 Å². The number of carbonyl (C=O) groups excluding carboxylic acids is 2. The summed E-state index contributed by atoms with van der Waals surface area (Å²) in [4.78, 5) is 22.5. The van der Waals surface area contributed by atoms with E-state index in [0.29, 0.717) is 0 Å². The fourth-order valence-corrected chi connectivity index (χ4v) is 0.850. The zero-order valence-corrected chi connectivity index (χ0v) is 10.9. The van der Waals surface area contributed by atoms with Crippen molar-refractivity contribution in [2.24, 2.45) is 0 Å². The zero-order valence-electron chi connectivity index (χ0n) is 10.9. The first-order valence-corrected chi connectivity index (χ1v) is 5.39. The second-order valence-corrected chi connectivity index (χ2v) is 4.85. The Hall–Kier alpha value is -1.36. The summed E-state index contributed by atoms with van der Waals surface area (Å²) in [6, 6.07) is 0. The van der Waals surface area contributed by atoms with E-state index >= 15 is 0 Å².